The Kier molecular flexibility index (Phi) is 8.46. The average Bonchev–Trinajstić information content (AvgIpc) is 2.72. The standard InChI is InChI=1S/C25H27ClN2O3S2/c1-17-11-18(2)13-23(12-17)28-33(30,31)24-15-21(8-7-19(24)3)25(29)27-9-10-32-16-20-5-4-6-22(26)14-20/h4-8,11-15,28H,9-10,16H2,1-3H3,(H,27,29). The van der Waals surface area contributed by atoms with E-state index in [9.17, 15) is 13.2 Å². The van der Waals surface area contributed by atoms with Gasteiger partial charge in [0.2, 0.25) is 0 Å². The number of hydrogen-bond donors (Lipinski definition) is 2. The minimum absolute atomic E-state index is 0.0876. The molecule has 0 aliphatic heterocycles. The molecular weight excluding hydrogens is 476 g/mol. The molecule has 5 nitrogen and oxygen atoms in total. The molecule has 0 atom stereocenters. The van der Waals surface area contributed by atoms with Crippen LogP contribution < -0.4 is 10.0 Å². The van der Waals surface area contributed by atoms with Crippen molar-refractivity contribution in [1.29, 1.82) is 0 Å². The average molecular weight is 503 g/mol. The van der Waals surface area contributed by atoms with E-state index >= 15 is 0 Å². The maximum atomic E-state index is 13.0. The number of anilines is 1. The highest BCUT2D eigenvalue weighted by molar-refractivity contribution is 7.98. The molecule has 0 spiro atoms. The summed E-state index contributed by atoms with van der Waals surface area (Å²) < 4.78 is 28.7. The van der Waals surface area contributed by atoms with Gasteiger partial charge < -0.3 is 5.32 Å². The SMILES string of the molecule is Cc1cc(C)cc(NS(=O)(=O)c2cc(C(=O)NCCSCc3cccc(Cl)c3)ccc2C)c1. The van der Waals surface area contributed by atoms with Crippen LogP contribution in [0, 0.1) is 20.8 Å². The number of thioether (sulfide) groups is 1. The van der Waals surface area contributed by atoms with E-state index in [1.165, 1.54) is 6.07 Å². The Hall–Kier alpha value is -2.48. The van der Waals surface area contributed by atoms with E-state index in [1.807, 2.05) is 44.2 Å². The number of halogens is 1. The number of nitrogens with one attached hydrogen (secondary N) is 2. The highest BCUT2D eigenvalue weighted by Gasteiger charge is 2.19. The maximum absolute atomic E-state index is 13.0. The summed E-state index contributed by atoms with van der Waals surface area (Å²) in [7, 11) is -3.84. The molecule has 3 aromatic carbocycles. The van der Waals surface area contributed by atoms with Crippen molar-refractivity contribution in [3.63, 3.8) is 0 Å². The third kappa shape index (κ3) is 7.25. The van der Waals surface area contributed by atoms with Crippen LogP contribution in [0.5, 0.6) is 0 Å². The second-order valence-electron chi connectivity index (χ2n) is 7.90. The monoisotopic (exact) mass is 502 g/mol. The van der Waals surface area contributed by atoms with Crippen LogP contribution in [0.4, 0.5) is 5.69 Å². The second-order valence-corrected chi connectivity index (χ2v) is 11.1. The van der Waals surface area contributed by atoms with Gasteiger partial charge in [-0.05, 0) is 79.4 Å². The molecule has 0 saturated heterocycles. The Balaban J connectivity index is 1.61. The lowest BCUT2D eigenvalue weighted by Crippen LogP contribution is -2.26. The molecule has 0 aliphatic carbocycles. The molecule has 0 radical (unpaired) electrons. The van der Waals surface area contributed by atoms with Crippen molar-refractivity contribution in [2.45, 2.75) is 31.4 Å². The first-order valence-electron chi connectivity index (χ1n) is 10.5. The van der Waals surface area contributed by atoms with Crippen LogP contribution >= 0.6 is 23.4 Å². The van der Waals surface area contributed by atoms with Crippen LogP contribution in [0.15, 0.2) is 65.6 Å². The molecule has 1 amide bonds. The maximum Gasteiger partial charge on any atom is 0.262 e. The predicted octanol–water partition coefficient (Wildman–Crippen LogP) is 5.73. The molecule has 0 heterocycles. The number of amides is 1. The van der Waals surface area contributed by atoms with E-state index in [0.717, 1.165) is 28.2 Å². The summed E-state index contributed by atoms with van der Waals surface area (Å²) >= 11 is 7.68. The molecule has 8 heteroatoms. The largest absolute Gasteiger partial charge is 0.351 e. The van der Waals surface area contributed by atoms with Crippen LogP contribution in [-0.2, 0) is 15.8 Å². The molecule has 0 saturated carbocycles. The third-order valence-corrected chi connectivity index (χ3v) is 7.69. The fourth-order valence-electron chi connectivity index (χ4n) is 3.43. The zero-order valence-corrected chi connectivity index (χ0v) is 21.2. The van der Waals surface area contributed by atoms with Crippen molar-refractivity contribution in [1.82, 2.24) is 5.32 Å². The molecular formula is C25H27ClN2O3S2. The second kappa shape index (κ2) is 11.1. The molecule has 3 rings (SSSR count). The molecule has 0 aromatic heterocycles. The van der Waals surface area contributed by atoms with Gasteiger partial charge in [-0.25, -0.2) is 8.42 Å². The Morgan fingerprint density at radius 1 is 0.970 bits per heavy atom. The molecule has 0 fully saturated rings. The summed E-state index contributed by atoms with van der Waals surface area (Å²) in [5.74, 6) is 1.22. The number of hydrogen-bond acceptors (Lipinski definition) is 4. The number of carbonyl (C=O) groups excluding carboxylic acids is 1. The molecule has 174 valence electrons. The number of rotatable bonds is 9. The van der Waals surface area contributed by atoms with E-state index in [4.69, 9.17) is 11.6 Å². The molecule has 0 unspecified atom stereocenters. The van der Waals surface area contributed by atoms with Gasteiger partial charge in [-0.3, -0.25) is 9.52 Å². The van der Waals surface area contributed by atoms with Crippen molar-refractivity contribution in [3.8, 4) is 0 Å². The highest BCUT2D eigenvalue weighted by Crippen LogP contribution is 2.23. The Morgan fingerprint density at radius 2 is 1.70 bits per heavy atom. The summed E-state index contributed by atoms with van der Waals surface area (Å²) in [6, 6.07) is 17.9. The fourth-order valence-corrected chi connectivity index (χ4v) is 5.76. The van der Waals surface area contributed by atoms with Gasteiger partial charge in [0.15, 0.2) is 0 Å². The Bertz CT molecular complexity index is 1240. The number of aryl methyl sites for hydroxylation is 3. The van der Waals surface area contributed by atoms with Crippen LogP contribution in [0.1, 0.15) is 32.6 Å². The van der Waals surface area contributed by atoms with Crippen molar-refractivity contribution in [2.24, 2.45) is 0 Å². The van der Waals surface area contributed by atoms with Gasteiger partial charge in [-0.1, -0.05) is 35.9 Å². The topological polar surface area (TPSA) is 75.3 Å². The number of carbonyl (C=O) groups is 1. The van der Waals surface area contributed by atoms with Gasteiger partial charge in [0.1, 0.15) is 0 Å². The Morgan fingerprint density at radius 3 is 2.39 bits per heavy atom. The van der Waals surface area contributed by atoms with Crippen molar-refractivity contribution in [2.75, 3.05) is 17.0 Å². The zero-order chi connectivity index (χ0) is 24.0. The summed E-state index contributed by atoms with van der Waals surface area (Å²) in [5, 5.41) is 3.57. The quantitative estimate of drug-likeness (QED) is 0.366. The van der Waals surface area contributed by atoms with Crippen LogP contribution in [0.25, 0.3) is 0 Å². The molecule has 3 aromatic rings. The van der Waals surface area contributed by atoms with Crippen molar-refractivity contribution < 1.29 is 13.2 Å². The Labute approximate surface area is 205 Å². The molecule has 33 heavy (non-hydrogen) atoms. The smallest absolute Gasteiger partial charge is 0.262 e. The minimum Gasteiger partial charge on any atom is -0.351 e. The van der Waals surface area contributed by atoms with Gasteiger partial charge in [0, 0.05) is 34.3 Å². The zero-order valence-electron chi connectivity index (χ0n) is 18.8. The van der Waals surface area contributed by atoms with Crippen LogP contribution in [0.3, 0.4) is 0 Å². The van der Waals surface area contributed by atoms with Gasteiger partial charge in [-0.2, -0.15) is 11.8 Å². The van der Waals surface area contributed by atoms with E-state index in [2.05, 4.69) is 10.0 Å². The lowest BCUT2D eigenvalue weighted by Gasteiger charge is -2.13. The summed E-state index contributed by atoms with van der Waals surface area (Å²) in [6.45, 7) is 6.01. The summed E-state index contributed by atoms with van der Waals surface area (Å²) in [5.41, 5.74) is 4.43. The van der Waals surface area contributed by atoms with Crippen molar-refractivity contribution >= 4 is 45.0 Å². The first-order chi connectivity index (χ1) is 15.6. The lowest BCUT2D eigenvalue weighted by atomic mass is 10.1. The van der Waals surface area contributed by atoms with Gasteiger partial charge in [-0.15, -0.1) is 0 Å². The van der Waals surface area contributed by atoms with Crippen LogP contribution in [-0.4, -0.2) is 26.6 Å². The molecule has 0 aliphatic rings. The van der Waals surface area contributed by atoms with E-state index in [1.54, 1.807) is 43.0 Å². The molecule has 2 N–H and O–H groups in total. The van der Waals surface area contributed by atoms with Gasteiger partial charge in [0.05, 0.1) is 4.90 Å². The van der Waals surface area contributed by atoms with Gasteiger partial charge in [0.25, 0.3) is 15.9 Å². The molecule has 0 bridgehead atoms. The summed E-state index contributed by atoms with van der Waals surface area (Å²) in [4.78, 5) is 12.7. The first-order valence-corrected chi connectivity index (χ1v) is 13.5. The third-order valence-electron chi connectivity index (χ3n) is 4.90. The number of benzene rings is 3. The lowest BCUT2D eigenvalue weighted by molar-refractivity contribution is 0.0956. The van der Waals surface area contributed by atoms with E-state index in [-0.39, 0.29) is 10.8 Å². The fraction of sp³-hybridized carbons (Fsp3) is 0.240. The van der Waals surface area contributed by atoms with Crippen LogP contribution in [0.2, 0.25) is 5.02 Å². The summed E-state index contributed by atoms with van der Waals surface area (Å²) in [6.07, 6.45) is 0. The van der Waals surface area contributed by atoms with E-state index in [0.29, 0.717) is 28.4 Å². The normalized spacial score (nSPS) is 11.3. The number of sulfonamides is 1. The highest BCUT2D eigenvalue weighted by atomic mass is 35.5. The minimum atomic E-state index is -3.84. The predicted molar refractivity (Wildman–Crippen MR) is 138 cm³/mol. The first kappa shape index (κ1) is 25.1. The van der Waals surface area contributed by atoms with Gasteiger partial charge >= 0.3 is 0 Å². The van der Waals surface area contributed by atoms with E-state index < -0.39 is 10.0 Å². The van der Waals surface area contributed by atoms with Crippen molar-refractivity contribution in [3.05, 3.63) is 93.5 Å².